The van der Waals surface area contributed by atoms with Crippen LogP contribution in [0.25, 0.3) is 11.0 Å². The van der Waals surface area contributed by atoms with E-state index in [0.29, 0.717) is 6.04 Å². The number of aliphatic hydroxyl groups is 2. The lowest BCUT2D eigenvalue weighted by atomic mass is 10.1. The molecule has 3 heterocycles. The van der Waals surface area contributed by atoms with E-state index in [0.717, 1.165) is 31.0 Å². The van der Waals surface area contributed by atoms with Crippen molar-refractivity contribution in [2.24, 2.45) is 0 Å². The summed E-state index contributed by atoms with van der Waals surface area (Å²) in [6.45, 7) is 0.203. The molecule has 0 aliphatic carbocycles. The number of hydrogen-bond donors (Lipinski definition) is 2. The van der Waals surface area contributed by atoms with Crippen molar-refractivity contribution in [3.05, 3.63) is 24.3 Å². The summed E-state index contributed by atoms with van der Waals surface area (Å²) < 4.78 is 4.15. The molecule has 8 heteroatoms. The molecule has 4 atom stereocenters. The van der Waals surface area contributed by atoms with Gasteiger partial charge in [-0.2, -0.15) is 0 Å². The lowest BCUT2D eigenvalue weighted by Crippen LogP contribution is -2.25. The molecule has 0 radical (unpaired) electrons. The summed E-state index contributed by atoms with van der Waals surface area (Å²) in [5, 5.41) is 16.3. The van der Waals surface area contributed by atoms with Gasteiger partial charge in [0.15, 0.2) is 0 Å². The highest BCUT2D eigenvalue weighted by atomic mass is 31.0. The second-order valence-electron chi connectivity index (χ2n) is 4.63. The molecule has 0 bridgehead atoms. The zero-order chi connectivity index (χ0) is 14.7. The molecule has 3 rings (SSSR count). The van der Waals surface area contributed by atoms with Crippen LogP contribution in [-0.2, 0) is 0 Å². The van der Waals surface area contributed by atoms with Crippen LogP contribution in [0.2, 0.25) is 0 Å². The molecule has 6 nitrogen and oxygen atoms in total. The molecule has 2 aromatic heterocycles. The molecule has 20 heavy (non-hydrogen) atoms. The largest absolute Gasteiger partial charge is 0.400 e. The fourth-order valence-electron chi connectivity index (χ4n) is 2.66. The van der Waals surface area contributed by atoms with Crippen LogP contribution >= 0.6 is 18.8 Å². The molecule has 1 aliphatic heterocycles. The predicted molar refractivity (Wildman–Crippen MR) is 85.2 cm³/mol. The third kappa shape index (κ3) is 2.72. The Morgan fingerprint density at radius 1 is 1.35 bits per heavy atom. The average Bonchev–Trinajstić information content (AvgIpc) is 3.02. The van der Waals surface area contributed by atoms with Crippen molar-refractivity contribution >= 4 is 29.8 Å². The molecular weight excluding hydrogens is 294 g/mol. The minimum atomic E-state index is 0.203. The number of nitrogens with zero attached hydrogens (tertiary/aromatic N) is 4. The van der Waals surface area contributed by atoms with Crippen molar-refractivity contribution in [2.45, 2.75) is 24.9 Å². The first-order valence-electron chi connectivity index (χ1n) is 6.37. The monoisotopic (exact) mass is 314 g/mol. The molecule has 2 aromatic rings. The number of fused-ring (bicyclic) bond motifs is 1. The summed E-state index contributed by atoms with van der Waals surface area (Å²) >= 11 is 0. The first-order valence-corrected chi connectivity index (χ1v) is 7.40. The Labute approximate surface area is 122 Å². The summed E-state index contributed by atoms with van der Waals surface area (Å²) in [6.07, 6.45) is 7.56. The Morgan fingerprint density at radius 2 is 2.10 bits per heavy atom. The Hall–Kier alpha value is -0.640. The molecule has 1 aliphatic rings. The number of hydrogen-bond acceptors (Lipinski definition) is 5. The van der Waals surface area contributed by atoms with Gasteiger partial charge in [-0.05, 0) is 22.2 Å². The van der Waals surface area contributed by atoms with Crippen LogP contribution in [0.4, 0.5) is 0 Å². The number of rotatable bonds is 2. The van der Waals surface area contributed by atoms with Crippen molar-refractivity contribution < 1.29 is 10.2 Å². The average molecular weight is 314 g/mol. The van der Waals surface area contributed by atoms with Gasteiger partial charge >= 0.3 is 0 Å². The Bertz CT molecular complexity index is 578. The van der Waals surface area contributed by atoms with Gasteiger partial charge in [0.2, 0.25) is 0 Å². The van der Waals surface area contributed by atoms with Gasteiger partial charge in [0.05, 0.1) is 23.8 Å². The Morgan fingerprint density at radius 3 is 2.75 bits per heavy atom. The van der Waals surface area contributed by atoms with Crippen LogP contribution in [0.15, 0.2) is 18.7 Å². The molecule has 1 fully saturated rings. The van der Waals surface area contributed by atoms with Gasteiger partial charge in [0.25, 0.3) is 0 Å². The highest BCUT2D eigenvalue weighted by Gasteiger charge is 2.33. The summed E-state index contributed by atoms with van der Waals surface area (Å²) in [6, 6.07) is 0.524. The third-order valence-electron chi connectivity index (χ3n) is 3.65. The maximum atomic E-state index is 9.33. The van der Waals surface area contributed by atoms with Gasteiger partial charge in [-0.15, -0.1) is 0 Å². The van der Waals surface area contributed by atoms with Crippen LogP contribution in [0.1, 0.15) is 24.4 Å². The second kappa shape index (κ2) is 6.88. The van der Waals surface area contributed by atoms with E-state index in [9.17, 15) is 5.11 Å². The van der Waals surface area contributed by atoms with Crippen molar-refractivity contribution in [3.8, 4) is 0 Å². The predicted octanol–water partition coefficient (Wildman–Crippen LogP) is 0.966. The van der Waals surface area contributed by atoms with Crippen LogP contribution in [0, 0.1) is 0 Å². The molecule has 0 spiro atoms. The quantitative estimate of drug-likeness (QED) is 0.808. The molecule has 4 unspecified atom stereocenters. The fraction of sp³-hybridized carbons (Fsp3) is 0.500. The fourth-order valence-corrected chi connectivity index (χ4v) is 3.57. The lowest BCUT2D eigenvalue weighted by molar-refractivity contribution is 0.207. The summed E-state index contributed by atoms with van der Waals surface area (Å²) in [7, 11) is 6.41. The van der Waals surface area contributed by atoms with Gasteiger partial charge in [-0.25, -0.2) is 9.97 Å². The Kier molecular flexibility index (Phi) is 5.42. The van der Waals surface area contributed by atoms with E-state index < -0.39 is 0 Å². The number of aromatic nitrogens is 3. The zero-order valence-electron chi connectivity index (χ0n) is 11.3. The second-order valence-corrected chi connectivity index (χ2v) is 5.78. The van der Waals surface area contributed by atoms with Gasteiger partial charge in [-0.3, -0.25) is 4.67 Å². The molecule has 0 saturated carbocycles. The smallest absolute Gasteiger partial charge is 0.116 e. The van der Waals surface area contributed by atoms with E-state index >= 15 is 0 Å². The third-order valence-corrected chi connectivity index (χ3v) is 4.86. The highest BCUT2D eigenvalue weighted by molar-refractivity contribution is 7.15. The van der Waals surface area contributed by atoms with Gasteiger partial charge in [0, 0.05) is 31.0 Å². The minimum absolute atomic E-state index is 0.203. The van der Waals surface area contributed by atoms with Crippen LogP contribution in [0.3, 0.4) is 0 Å². The first kappa shape index (κ1) is 15.7. The summed E-state index contributed by atoms with van der Waals surface area (Å²) in [5.74, 6) is 0. The highest BCUT2D eigenvalue weighted by Crippen LogP contribution is 2.41. The normalized spacial score (nSPS) is 22.9. The van der Waals surface area contributed by atoms with Crippen molar-refractivity contribution in [1.82, 2.24) is 19.0 Å². The van der Waals surface area contributed by atoms with E-state index in [1.807, 2.05) is 10.5 Å². The molecular formula is C12H20N4O2P2. The van der Waals surface area contributed by atoms with Crippen molar-refractivity contribution in [2.75, 3.05) is 13.7 Å². The SMILES string of the molecule is CO.OCC1CCC(c2cn(P)c3cncnc23)N1P. The van der Waals surface area contributed by atoms with Crippen molar-refractivity contribution in [1.29, 1.82) is 0 Å². The molecule has 1 saturated heterocycles. The molecule has 2 N–H and O–H groups in total. The topological polar surface area (TPSA) is 74.4 Å². The first-order chi connectivity index (χ1) is 9.72. The summed E-state index contributed by atoms with van der Waals surface area (Å²) in [4.78, 5) is 8.45. The maximum Gasteiger partial charge on any atom is 0.116 e. The standard InChI is InChI=1S/C11H16N4OP2.CH4O/c16-5-7-1-2-9(15(7)18)8-4-14(17)10-3-12-6-13-11(8)10;1-2/h3-4,6-7,9,16H,1-2,5,17-18H2;2H,1H3. The van der Waals surface area contributed by atoms with Crippen LogP contribution in [-0.4, -0.2) is 48.9 Å². The van der Waals surface area contributed by atoms with E-state index in [1.165, 1.54) is 5.56 Å². The molecule has 0 amide bonds. The van der Waals surface area contributed by atoms with Gasteiger partial charge in [0.1, 0.15) is 6.33 Å². The Balaban J connectivity index is 0.000000704. The van der Waals surface area contributed by atoms with E-state index in [1.54, 1.807) is 6.33 Å². The number of aliphatic hydroxyl groups excluding tert-OH is 2. The van der Waals surface area contributed by atoms with E-state index in [4.69, 9.17) is 5.11 Å². The maximum absolute atomic E-state index is 9.33. The summed E-state index contributed by atoms with van der Waals surface area (Å²) in [5.41, 5.74) is 3.22. The van der Waals surface area contributed by atoms with Gasteiger partial charge < -0.3 is 14.6 Å². The molecule has 110 valence electrons. The van der Waals surface area contributed by atoms with Crippen LogP contribution < -0.4 is 0 Å². The lowest BCUT2D eigenvalue weighted by Gasteiger charge is -2.23. The van der Waals surface area contributed by atoms with Crippen molar-refractivity contribution in [3.63, 3.8) is 0 Å². The molecule has 0 aromatic carbocycles. The van der Waals surface area contributed by atoms with Gasteiger partial charge in [-0.1, -0.05) is 9.39 Å². The zero-order valence-corrected chi connectivity index (χ0v) is 13.7. The minimum Gasteiger partial charge on any atom is -0.400 e. The van der Waals surface area contributed by atoms with E-state index in [-0.39, 0.29) is 12.6 Å². The van der Waals surface area contributed by atoms with Crippen LogP contribution in [0.5, 0.6) is 0 Å². The van der Waals surface area contributed by atoms with E-state index in [2.05, 4.69) is 39.6 Å².